The molecule has 1 saturated carbocycles. The molecule has 0 amide bonds. The number of halogens is 1. The summed E-state index contributed by atoms with van der Waals surface area (Å²) in [4.78, 5) is 0.585. The average Bonchev–Trinajstić information content (AvgIpc) is 3.07. The highest BCUT2D eigenvalue weighted by molar-refractivity contribution is 7.80. The maximum Gasteiger partial charge on any atom is 0.119 e. The lowest BCUT2D eigenvalue weighted by Crippen LogP contribution is -2.21. The Morgan fingerprint density at radius 3 is 2.78 bits per heavy atom. The molecule has 0 radical (unpaired) electrons. The van der Waals surface area contributed by atoms with Gasteiger partial charge in [-0.1, -0.05) is 30.7 Å². The summed E-state index contributed by atoms with van der Waals surface area (Å²) in [7, 11) is 0. The third-order valence-corrected chi connectivity index (χ3v) is 3.96. The van der Waals surface area contributed by atoms with E-state index in [9.17, 15) is 0 Å². The van der Waals surface area contributed by atoms with Crippen molar-refractivity contribution in [3.05, 3.63) is 28.8 Å². The van der Waals surface area contributed by atoms with E-state index < -0.39 is 0 Å². The van der Waals surface area contributed by atoms with E-state index in [0.29, 0.717) is 11.6 Å². The van der Waals surface area contributed by atoms with Crippen LogP contribution in [0.25, 0.3) is 0 Å². The minimum atomic E-state index is 0.192. The van der Waals surface area contributed by atoms with Crippen molar-refractivity contribution in [2.45, 2.75) is 32.6 Å². The number of benzene rings is 1. The fourth-order valence-corrected chi connectivity index (χ4v) is 2.62. The topological polar surface area (TPSA) is 35.2 Å². The molecular weight excluding hydrogens is 266 g/mol. The molecule has 1 aliphatic carbocycles. The second kappa shape index (κ2) is 5.45. The molecule has 1 aromatic carbocycles. The monoisotopic (exact) mass is 283 g/mol. The summed E-state index contributed by atoms with van der Waals surface area (Å²) in [6, 6.07) is 5.82. The van der Waals surface area contributed by atoms with Crippen molar-refractivity contribution in [3.63, 3.8) is 0 Å². The predicted octanol–water partition coefficient (Wildman–Crippen LogP) is 3.74. The molecule has 4 heteroatoms. The predicted molar refractivity (Wildman–Crippen MR) is 79.4 cm³/mol. The van der Waals surface area contributed by atoms with E-state index in [1.54, 1.807) is 0 Å². The molecule has 0 aliphatic heterocycles. The Kier molecular flexibility index (Phi) is 4.13. The summed E-state index contributed by atoms with van der Waals surface area (Å²) in [5.41, 5.74) is 6.92. The fourth-order valence-electron chi connectivity index (χ4n) is 2.07. The van der Waals surface area contributed by atoms with Crippen LogP contribution in [0.3, 0.4) is 0 Å². The van der Waals surface area contributed by atoms with Gasteiger partial charge in [-0.05, 0) is 43.0 Å². The van der Waals surface area contributed by atoms with Gasteiger partial charge in [0.15, 0.2) is 0 Å². The Balaban J connectivity index is 1.96. The highest BCUT2D eigenvalue weighted by Gasteiger charge is 2.43. The number of ether oxygens (including phenoxy) is 1. The molecule has 2 N–H and O–H groups in total. The molecule has 1 aromatic rings. The van der Waals surface area contributed by atoms with Crippen LogP contribution in [0, 0.1) is 5.41 Å². The molecule has 0 aromatic heterocycles. The molecule has 0 spiro atoms. The first kappa shape index (κ1) is 13.6. The van der Waals surface area contributed by atoms with Gasteiger partial charge < -0.3 is 10.5 Å². The summed E-state index contributed by atoms with van der Waals surface area (Å²) in [6.45, 7) is 2.77. The lowest BCUT2D eigenvalue weighted by Gasteiger charge is -2.16. The molecule has 1 aliphatic rings. The Morgan fingerprint density at radius 2 is 2.22 bits per heavy atom. The van der Waals surface area contributed by atoms with Crippen LogP contribution in [0.4, 0.5) is 0 Å². The van der Waals surface area contributed by atoms with E-state index >= 15 is 0 Å². The zero-order chi connectivity index (χ0) is 13.2. The fraction of sp³-hybridized carbons (Fsp3) is 0.500. The average molecular weight is 284 g/mol. The highest BCUT2D eigenvalue weighted by Crippen LogP contribution is 2.49. The van der Waals surface area contributed by atoms with E-state index in [2.05, 4.69) is 6.92 Å². The number of thiocarbonyl (C=S) groups is 1. The van der Waals surface area contributed by atoms with Crippen LogP contribution in [0.2, 0.25) is 5.02 Å². The first-order valence-electron chi connectivity index (χ1n) is 6.24. The van der Waals surface area contributed by atoms with Gasteiger partial charge in [-0.15, -0.1) is 0 Å². The molecule has 0 saturated heterocycles. The van der Waals surface area contributed by atoms with Gasteiger partial charge in [-0.2, -0.15) is 0 Å². The SMILES string of the molecule is CCc1cc(OCC2(CC(N)=S)CC2)ccc1Cl. The lowest BCUT2D eigenvalue weighted by atomic mass is 10.0. The third kappa shape index (κ3) is 3.36. The van der Waals surface area contributed by atoms with Gasteiger partial charge in [0.05, 0.1) is 11.6 Å². The van der Waals surface area contributed by atoms with Crippen molar-refractivity contribution in [2.24, 2.45) is 11.1 Å². The summed E-state index contributed by atoms with van der Waals surface area (Å²) < 4.78 is 5.86. The summed E-state index contributed by atoms with van der Waals surface area (Å²) in [6.07, 6.45) is 4.00. The second-order valence-electron chi connectivity index (χ2n) is 5.04. The van der Waals surface area contributed by atoms with Crippen molar-refractivity contribution >= 4 is 28.8 Å². The van der Waals surface area contributed by atoms with Gasteiger partial charge in [-0.25, -0.2) is 0 Å². The number of aryl methyl sites for hydroxylation is 1. The van der Waals surface area contributed by atoms with Crippen molar-refractivity contribution < 1.29 is 4.74 Å². The van der Waals surface area contributed by atoms with Crippen LogP contribution in [0.15, 0.2) is 18.2 Å². The van der Waals surface area contributed by atoms with Gasteiger partial charge in [0.2, 0.25) is 0 Å². The number of nitrogens with two attached hydrogens (primary N) is 1. The summed E-state index contributed by atoms with van der Waals surface area (Å²) in [5.74, 6) is 0.880. The Hall–Kier alpha value is -0.800. The zero-order valence-corrected chi connectivity index (χ0v) is 12.1. The van der Waals surface area contributed by atoms with Crippen LogP contribution in [-0.4, -0.2) is 11.6 Å². The highest BCUT2D eigenvalue weighted by atomic mass is 35.5. The van der Waals surface area contributed by atoms with E-state index in [4.69, 9.17) is 34.3 Å². The Morgan fingerprint density at radius 1 is 1.50 bits per heavy atom. The molecular formula is C14H18ClNOS. The maximum atomic E-state index is 6.08. The van der Waals surface area contributed by atoms with Crippen LogP contribution < -0.4 is 10.5 Å². The van der Waals surface area contributed by atoms with Gasteiger partial charge in [-0.3, -0.25) is 0 Å². The van der Waals surface area contributed by atoms with E-state index in [1.807, 2.05) is 18.2 Å². The molecule has 2 nitrogen and oxygen atoms in total. The first-order chi connectivity index (χ1) is 8.54. The molecule has 0 heterocycles. The summed E-state index contributed by atoms with van der Waals surface area (Å²) in [5, 5.41) is 0.800. The van der Waals surface area contributed by atoms with E-state index in [0.717, 1.165) is 42.0 Å². The zero-order valence-electron chi connectivity index (χ0n) is 10.5. The molecule has 0 unspecified atom stereocenters. The minimum Gasteiger partial charge on any atom is -0.493 e. The van der Waals surface area contributed by atoms with Crippen molar-refractivity contribution in [1.82, 2.24) is 0 Å². The van der Waals surface area contributed by atoms with Crippen LogP contribution in [0.5, 0.6) is 5.75 Å². The molecule has 18 heavy (non-hydrogen) atoms. The Labute approximate surface area is 118 Å². The first-order valence-corrected chi connectivity index (χ1v) is 7.03. The Bertz CT molecular complexity index is 457. The van der Waals surface area contributed by atoms with Crippen molar-refractivity contribution in [3.8, 4) is 5.75 Å². The molecule has 2 rings (SSSR count). The standard InChI is InChI=1S/C14H18ClNOS/c1-2-10-7-11(3-4-12(10)15)17-9-14(5-6-14)8-13(16)18/h3-4,7H,2,5-6,8-9H2,1H3,(H2,16,18). The van der Waals surface area contributed by atoms with Crippen LogP contribution in [-0.2, 0) is 6.42 Å². The van der Waals surface area contributed by atoms with Crippen molar-refractivity contribution in [2.75, 3.05) is 6.61 Å². The quantitative estimate of drug-likeness (QED) is 0.808. The lowest BCUT2D eigenvalue weighted by molar-refractivity contribution is 0.239. The van der Waals surface area contributed by atoms with Gasteiger partial charge in [0, 0.05) is 16.9 Å². The third-order valence-electron chi connectivity index (χ3n) is 3.45. The van der Waals surface area contributed by atoms with Gasteiger partial charge in [0.25, 0.3) is 0 Å². The normalized spacial score (nSPS) is 16.3. The molecule has 98 valence electrons. The smallest absolute Gasteiger partial charge is 0.119 e. The van der Waals surface area contributed by atoms with E-state index in [-0.39, 0.29) is 5.41 Å². The maximum absolute atomic E-state index is 6.08. The second-order valence-corrected chi connectivity index (χ2v) is 5.97. The summed E-state index contributed by atoms with van der Waals surface area (Å²) >= 11 is 11.1. The number of hydrogen-bond acceptors (Lipinski definition) is 2. The largest absolute Gasteiger partial charge is 0.493 e. The minimum absolute atomic E-state index is 0.192. The number of rotatable bonds is 6. The van der Waals surface area contributed by atoms with Gasteiger partial charge >= 0.3 is 0 Å². The van der Waals surface area contributed by atoms with Crippen LogP contribution >= 0.6 is 23.8 Å². The van der Waals surface area contributed by atoms with E-state index in [1.165, 1.54) is 0 Å². The molecule has 1 fully saturated rings. The molecule has 0 bridgehead atoms. The van der Waals surface area contributed by atoms with Gasteiger partial charge in [0.1, 0.15) is 5.75 Å². The molecule has 0 atom stereocenters. The van der Waals surface area contributed by atoms with Crippen LogP contribution in [0.1, 0.15) is 31.7 Å². The number of hydrogen-bond donors (Lipinski definition) is 1. The van der Waals surface area contributed by atoms with Crippen molar-refractivity contribution in [1.29, 1.82) is 0 Å².